The highest BCUT2D eigenvalue weighted by atomic mass is 16.5. The average molecular weight is 275 g/mol. The van der Waals surface area contributed by atoms with Crippen molar-refractivity contribution in [3.05, 3.63) is 29.8 Å². The lowest BCUT2D eigenvalue weighted by molar-refractivity contribution is 0.125. The summed E-state index contributed by atoms with van der Waals surface area (Å²) in [5, 5.41) is 13.5. The minimum atomic E-state index is -0.0763. The molecule has 2 unspecified atom stereocenters. The first-order chi connectivity index (χ1) is 9.78. The maximum Gasteiger partial charge on any atom is 0.122 e. The van der Waals surface area contributed by atoms with Crippen LogP contribution in [0.1, 0.15) is 43.6 Å². The van der Waals surface area contributed by atoms with Gasteiger partial charge in [0.1, 0.15) is 5.75 Å². The second-order valence-corrected chi connectivity index (χ2v) is 6.27. The maximum atomic E-state index is 9.83. The zero-order valence-electron chi connectivity index (χ0n) is 12.2. The number of aliphatic hydroxyl groups excluding tert-OH is 1. The summed E-state index contributed by atoms with van der Waals surface area (Å²) in [7, 11) is 1.74. The van der Waals surface area contributed by atoms with E-state index in [2.05, 4.69) is 17.4 Å². The molecule has 2 fully saturated rings. The summed E-state index contributed by atoms with van der Waals surface area (Å²) in [6.45, 7) is 0.977. The summed E-state index contributed by atoms with van der Waals surface area (Å²) >= 11 is 0. The number of para-hydroxylation sites is 1. The quantitative estimate of drug-likeness (QED) is 0.868. The van der Waals surface area contributed by atoms with Crippen LogP contribution in [0, 0.1) is 5.92 Å². The Morgan fingerprint density at radius 3 is 2.75 bits per heavy atom. The van der Waals surface area contributed by atoms with Crippen molar-refractivity contribution in [2.24, 2.45) is 5.92 Å². The van der Waals surface area contributed by atoms with Gasteiger partial charge in [0, 0.05) is 12.6 Å². The number of nitrogens with one attached hydrogen (secondary N) is 1. The lowest BCUT2D eigenvalue weighted by atomic mass is 9.75. The Bertz CT molecular complexity index is 442. The molecule has 2 atom stereocenters. The number of benzene rings is 1. The summed E-state index contributed by atoms with van der Waals surface area (Å²) in [6.07, 6.45) is 5.64. The Balaban J connectivity index is 1.46. The topological polar surface area (TPSA) is 41.5 Å². The van der Waals surface area contributed by atoms with E-state index in [1.54, 1.807) is 7.11 Å². The summed E-state index contributed by atoms with van der Waals surface area (Å²) in [6, 6.07) is 8.95. The van der Waals surface area contributed by atoms with Gasteiger partial charge >= 0.3 is 0 Å². The van der Waals surface area contributed by atoms with Gasteiger partial charge in [0.15, 0.2) is 0 Å². The van der Waals surface area contributed by atoms with Crippen molar-refractivity contribution in [1.29, 1.82) is 0 Å². The molecule has 2 N–H and O–H groups in total. The Morgan fingerprint density at radius 2 is 2.05 bits per heavy atom. The molecule has 3 heteroatoms. The Morgan fingerprint density at radius 1 is 1.25 bits per heavy atom. The fraction of sp³-hybridized carbons (Fsp3) is 0.647. The summed E-state index contributed by atoms with van der Waals surface area (Å²) < 4.78 is 5.44. The Labute approximate surface area is 121 Å². The summed E-state index contributed by atoms with van der Waals surface area (Å²) in [5.41, 5.74) is 1.34. The number of aliphatic hydroxyl groups is 1. The normalized spacial score (nSPS) is 32.9. The lowest BCUT2D eigenvalue weighted by Crippen LogP contribution is -2.43. The first-order valence-electron chi connectivity index (χ1n) is 7.82. The van der Waals surface area contributed by atoms with Gasteiger partial charge in [-0.25, -0.2) is 0 Å². The predicted molar refractivity (Wildman–Crippen MR) is 80.1 cm³/mol. The van der Waals surface area contributed by atoms with Crippen LogP contribution in [0.25, 0.3) is 0 Å². The summed E-state index contributed by atoms with van der Waals surface area (Å²) in [5.74, 6) is 2.11. The lowest BCUT2D eigenvalue weighted by Gasteiger charge is -2.37. The number of rotatable bonds is 5. The monoisotopic (exact) mass is 275 g/mol. The zero-order chi connectivity index (χ0) is 13.9. The molecule has 110 valence electrons. The average Bonchev–Trinajstić information content (AvgIpc) is 2.83. The molecule has 0 spiro atoms. The van der Waals surface area contributed by atoms with Crippen molar-refractivity contribution >= 4 is 0 Å². The second-order valence-electron chi connectivity index (χ2n) is 6.27. The van der Waals surface area contributed by atoms with Crippen molar-refractivity contribution in [1.82, 2.24) is 5.32 Å². The third-order valence-electron chi connectivity index (χ3n) is 5.00. The minimum Gasteiger partial charge on any atom is -0.496 e. The number of methoxy groups -OCH3 is 1. The van der Waals surface area contributed by atoms with Gasteiger partial charge in [0.05, 0.1) is 13.2 Å². The third-order valence-corrected chi connectivity index (χ3v) is 5.00. The molecule has 0 radical (unpaired) electrons. The van der Waals surface area contributed by atoms with Crippen molar-refractivity contribution in [2.75, 3.05) is 13.7 Å². The van der Waals surface area contributed by atoms with E-state index in [0.29, 0.717) is 17.9 Å². The van der Waals surface area contributed by atoms with Gasteiger partial charge in [0.2, 0.25) is 0 Å². The molecule has 2 aliphatic rings. The molecule has 0 aliphatic heterocycles. The fourth-order valence-corrected chi connectivity index (χ4v) is 3.62. The van der Waals surface area contributed by atoms with Gasteiger partial charge in [-0.05, 0) is 49.1 Å². The SMILES string of the molecule is COc1ccccc1C1CC(NCC2CCCC2O)C1. The third kappa shape index (κ3) is 2.84. The van der Waals surface area contributed by atoms with Crippen LogP contribution in [0.2, 0.25) is 0 Å². The largest absolute Gasteiger partial charge is 0.496 e. The van der Waals surface area contributed by atoms with Crippen LogP contribution in [0.3, 0.4) is 0 Å². The van der Waals surface area contributed by atoms with Crippen LogP contribution in [0.5, 0.6) is 5.75 Å². The molecule has 20 heavy (non-hydrogen) atoms. The minimum absolute atomic E-state index is 0.0763. The molecule has 2 aliphatic carbocycles. The predicted octanol–water partition coefficient (Wildman–Crippen LogP) is 2.69. The molecular weight excluding hydrogens is 250 g/mol. The standard InChI is InChI=1S/C17H25NO2/c1-20-17-8-3-2-6-15(17)13-9-14(10-13)18-11-12-5-4-7-16(12)19/h2-3,6,8,12-14,16,18-19H,4-5,7,9-11H2,1H3. The molecule has 1 aromatic carbocycles. The van der Waals surface area contributed by atoms with Crippen molar-refractivity contribution in [3.8, 4) is 5.75 Å². The zero-order valence-corrected chi connectivity index (χ0v) is 12.2. The molecule has 3 rings (SSSR count). The molecular formula is C17H25NO2. The summed E-state index contributed by atoms with van der Waals surface area (Å²) in [4.78, 5) is 0. The van der Waals surface area contributed by atoms with E-state index in [1.807, 2.05) is 12.1 Å². The molecule has 0 aromatic heterocycles. The van der Waals surface area contributed by atoms with E-state index in [1.165, 1.54) is 31.2 Å². The highest BCUT2D eigenvalue weighted by Gasteiger charge is 2.33. The van der Waals surface area contributed by atoms with E-state index in [0.717, 1.165) is 18.7 Å². The first kappa shape index (κ1) is 13.9. The van der Waals surface area contributed by atoms with Gasteiger partial charge in [-0.3, -0.25) is 0 Å². The molecule has 0 bridgehead atoms. The van der Waals surface area contributed by atoms with E-state index < -0.39 is 0 Å². The smallest absolute Gasteiger partial charge is 0.122 e. The van der Waals surface area contributed by atoms with Crippen LogP contribution in [-0.2, 0) is 0 Å². The van der Waals surface area contributed by atoms with Crippen LogP contribution < -0.4 is 10.1 Å². The van der Waals surface area contributed by atoms with Crippen LogP contribution >= 0.6 is 0 Å². The van der Waals surface area contributed by atoms with Crippen LogP contribution in [0.4, 0.5) is 0 Å². The highest BCUT2D eigenvalue weighted by Crippen LogP contribution is 2.41. The molecule has 0 amide bonds. The van der Waals surface area contributed by atoms with E-state index in [-0.39, 0.29) is 6.10 Å². The first-order valence-corrected chi connectivity index (χ1v) is 7.82. The van der Waals surface area contributed by atoms with Gasteiger partial charge in [-0.2, -0.15) is 0 Å². The number of hydrogen-bond acceptors (Lipinski definition) is 3. The Kier molecular flexibility index (Phi) is 4.27. The second kappa shape index (κ2) is 6.15. The molecule has 3 nitrogen and oxygen atoms in total. The van der Waals surface area contributed by atoms with Crippen molar-refractivity contribution in [2.45, 2.75) is 50.2 Å². The van der Waals surface area contributed by atoms with Gasteiger partial charge in [-0.1, -0.05) is 24.6 Å². The Hall–Kier alpha value is -1.06. The number of hydrogen-bond donors (Lipinski definition) is 2. The molecule has 2 saturated carbocycles. The van der Waals surface area contributed by atoms with Crippen molar-refractivity contribution in [3.63, 3.8) is 0 Å². The van der Waals surface area contributed by atoms with Gasteiger partial charge < -0.3 is 15.2 Å². The van der Waals surface area contributed by atoms with E-state index >= 15 is 0 Å². The number of ether oxygens (including phenoxy) is 1. The van der Waals surface area contributed by atoms with Gasteiger partial charge in [0.25, 0.3) is 0 Å². The fourth-order valence-electron chi connectivity index (χ4n) is 3.62. The highest BCUT2D eigenvalue weighted by molar-refractivity contribution is 5.37. The van der Waals surface area contributed by atoms with E-state index in [4.69, 9.17) is 4.74 Å². The van der Waals surface area contributed by atoms with E-state index in [9.17, 15) is 5.11 Å². The van der Waals surface area contributed by atoms with Crippen molar-refractivity contribution < 1.29 is 9.84 Å². The van der Waals surface area contributed by atoms with Crippen LogP contribution in [-0.4, -0.2) is 30.9 Å². The van der Waals surface area contributed by atoms with Gasteiger partial charge in [-0.15, -0.1) is 0 Å². The van der Waals surface area contributed by atoms with Crippen LogP contribution in [0.15, 0.2) is 24.3 Å². The molecule has 0 heterocycles. The molecule has 1 aromatic rings. The molecule has 0 saturated heterocycles. The maximum absolute atomic E-state index is 9.83.